The number of amides is 1. The molecule has 20 heavy (non-hydrogen) atoms. The molecule has 0 heterocycles. The normalized spacial score (nSPS) is 14.9. The van der Waals surface area contributed by atoms with Crippen LogP contribution in [0.5, 0.6) is 5.75 Å². The second-order valence-electron chi connectivity index (χ2n) is 5.50. The van der Waals surface area contributed by atoms with Crippen molar-refractivity contribution in [1.82, 2.24) is 4.90 Å². The quantitative estimate of drug-likeness (QED) is 0.780. The van der Waals surface area contributed by atoms with Crippen molar-refractivity contribution in [3.8, 4) is 5.75 Å². The molecular formula is C15H23N3O2. The molecule has 110 valence electrons. The molecule has 5 heteroatoms. The first kappa shape index (κ1) is 14.7. The molecule has 0 radical (unpaired) electrons. The van der Waals surface area contributed by atoms with Gasteiger partial charge < -0.3 is 15.8 Å². The molecule has 0 unspecified atom stereocenters. The Labute approximate surface area is 120 Å². The van der Waals surface area contributed by atoms with E-state index in [1.807, 2.05) is 7.05 Å². The smallest absolute Gasteiger partial charge is 0.238 e. The number of hydrogen-bond acceptors (Lipinski definition) is 4. The first-order chi connectivity index (χ1) is 9.58. The van der Waals surface area contributed by atoms with Gasteiger partial charge in [-0.3, -0.25) is 9.69 Å². The van der Waals surface area contributed by atoms with Crippen LogP contribution < -0.4 is 15.8 Å². The number of methoxy groups -OCH3 is 1. The van der Waals surface area contributed by atoms with Crippen LogP contribution in [0.25, 0.3) is 0 Å². The van der Waals surface area contributed by atoms with E-state index in [1.54, 1.807) is 25.3 Å². The van der Waals surface area contributed by atoms with Gasteiger partial charge in [-0.05, 0) is 44.0 Å². The fourth-order valence-electron chi connectivity index (χ4n) is 2.44. The minimum absolute atomic E-state index is 0.0456. The van der Waals surface area contributed by atoms with Crippen LogP contribution in [0, 0.1) is 5.92 Å². The van der Waals surface area contributed by atoms with Crippen molar-refractivity contribution in [2.75, 3.05) is 38.3 Å². The van der Waals surface area contributed by atoms with E-state index < -0.39 is 0 Å². The lowest BCUT2D eigenvalue weighted by Gasteiger charge is -2.29. The number of likely N-dealkylation sites (N-methyl/N-ethyl adjacent to an activating group) is 1. The van der Waals surface area contributed by atoms with Gasteiger partial charge in [0.25, 0.3) is 0 Å². The van der Waals surface area contributed by atoms with Crippen LogP contribution in [0.2, 0.25) is 0 Å². The van der Waals surface area contributed by atoms with Crippen molar-refractivity contribution in [3.63, 3.8) is 0 Å². The molecule has 1 fully saturated rings. The third-order valence-corrected chi connectivity index (χ3v) is 3.71. The van der Waals surface area contributed by atoms with Crippen molar-refractivity contribution >= 4 is 17.3 Å². The zero-order chi connectivity index (χ0) is 14.5. The number of benzene rings is 1. The third kappa shape index (κ3) is 3.87. The SMILES string of the molecule is COc1ccc(N)cc1NC(=O)CN(C)CC1CCC1. The van der Waals surface area contributed by atoms with Crippen LogP contribution in [0.15, 0.2) is 18.2 Å². The van der Waals surface area contributed by atoms with Gasteiger partial charge in [-0.1, -0.05) is 6.42 Å². The lowest BCUT2D eigenvalue weighted by molar-refractivity contribution is -0.117. The summed E-state index contributed by atoms with van der Waals surface area (Å²) in [6.45, 7) is 1.37. The van der Waals surface area contributed by atoms with E-state index >= 15 is 0 Å². The number of carbonyl (C=O) groups excluding carboxylic acids is 1. The maximum atomic E-state index is 12.0. The van der Waals surface area contributed by atoms with E-state index in [-0.39, 0.29) is 5.91 Å². The number of nitrogens with one attached hydrogen (secondary N) is 1. The van der Waals surface area contributed by atoms with Gasteiger partial charge in [0, 0.05) is 12.2 Å². The molecule has 0 saturated heterocycles. The van der Waals surface area contributed by atoms with Gasteiger partial charge in [-0.25, -0.2) is 0 Å². The summed E-state index contributed by atoms with van der Waals surface area (Å²) >= 11 is 0. The van der Waals surface area contributed by atoms with E-state index in [0.29, 0.717) is 23.7 Å². The number of rotatable bonds is 6. The standard InChI is InChI=1S/C15H23N3O2/c1-18(9-11-4-3-5-11)10-15(19)17-13-8-12(16)6-7-14(13)20-2/h6-8,11H,3-5,9-10,16H2,1-2H3,(H,17,19). The van der Waals surface area contributed by atoms with Gasteiger partial charge in [0.15, 0.2) is 0 Å². The molecule has 0 aliphatic heterocycles. The topological polar surface area (TPSA) is 67.6 Å². The number of hydrogen-bond donors (Lipinski definition) is 2. The molecule has 1 saturated carbocycles. The summed E-state index contributed by atoms with van der Waals surface area (Å²) in [6.07, 6.45) is 3.90. The zero-order valence-corrected chi connectivity index (χ0v) is 12.2. The predicted molar refractivity (Wildman–Crippen MR) is 80.9 cm³/mol. The summed E-state index contributed by atoms with van der Waals surface area (Å²) in [5.74, 6) is 1.33. The predicted octanol–water partition coefficient (Wildman–Crippen LogP) is 1.95. The van der Waals surface area contributed by atoms with Crippen LogP contribution in [0.4, 0.5) is 11.4 Å². The van der Waals surface area contributed by atoms with E-state index in [0.717, 1.165) is 12.5 Å². The first-order valence-corrected chi connectivity index (χ1v) is 7.00. The molecule has 0 atom stereocenters. The monoisotopic (exact) mass is 277 g/mol. The van der Waals surface area contributed by atoms with Gasteiger partial charge in [-0.2, -0.15) is 0 Å². The van der Waals surface area contributed by atoms with E-state index in [9.17, 15) is 4.79 Å². The molecule has 1 amide bonds. The van der Waals surface area contributed by atoms with Crippen molar-refractivity contribution < 1.29 is 9.53 Å². The summed E-state index contributed by atoms with van der Waals surface area (Å²) in [7, 11) is 3.55. The number of nitrogen functional groups attached to an aromatic ring is 1. The van der Waals surface area contributed by atoms with Gasteiger partial charge >= 0.3 is 0 Å². The number of anilines is 2. The van der Waals surface area contributed by atoms with Crippen LogP contribution in [-0.4, -0.2) is 38.1 Å². The summed E-state index contributed by atoms with van der Waals surface area (Å²) < 4.78 is 5.21. The van der Waals surface area contributed by atoms with Gasteiger partial charge in [0.2, 0.25) is 5.91 Å². The van der Waals surface area contributed by atoms with Gasteiger partial charge in [0.1, 0.15) is 5.75 Å². The highest BCUT2D eigenvalue weighted by molar-refractivity contribution is 5.94. The van der Waals surface area contributed by atoms with E-state index in [2.05, 4.69) is 10.2 Å². The Morgan fingerprint density at radius 1 is 1.50 bits per heavy atom. The maximum absolute atomic E-state index is 12.0. The molecule has 0 aromatic heterocycles. The molecule has 0 spiro atoms. The minimum atomic E-state index is -0.0456. The molecule has 1 aromatic rings. The zero-order valence-electron chi connectivity index (χ0n) is 12.2. The van der Waals surface area contributed by atoms with Crippen LogP contribution in [0.1, 0.15) is 19.3 Å². The number of ether oxygens (including phenoxy) is 1. The fraction of sp³-hybridized carbons (Fsp3) is 0.533. The van der Waals surface area contributed by atoms with Crippen molar-refractivity contribution in [2.45, 2.75) is 19.3 Å². The number of nitrogens with zero attached hydrogens (tertiary/aromatic N) is 1. The fourth-order valence-corrected chi connectivity index (χ4v) is 2.44. The Hall–Kier alpha value is -1.75. The van der Waals surface area contributed by atoms with E-state index in [4.69, 9.17) is 10.5 Å². The highest BCUT2D eigenvalue weighted by atomic mass is 16.5. The largest absolute Gasteiger partial charge is 0.495 e. The Morgan fingerprint density at radius 2 is 2.25 bits per heavy atom. The lowest BCUT2D eigenvalue weighted by atomic mass is 9.85. The molecule has 1 aliphatic carbocycles. The van der Waals surface area contributed by atoms with Crippen molar-refractivity contribution in [2.24, 2.45) is 5.92 Å². The van der Waals surface area contributed by atoms with Gasteiger partial charge in [0.05, 0.1) is 19.3 Å². The molecule has 5 nitrogen and oxygen atoms in total. The summed E-state index contributed by atoms with van der Waals surface area (Å²) in [5, 5.41) is 2.86. The molecule has 1 aromatic carbocycles. The minimum Gasteiger partial charge on any atom is -0.495 e. The summed E-state index contributed by atoms with van der Waals surface area (Å²) in [6, 6.07) is 5.21. The summed E-state index contributed by atoms with van der Waals surface area (Å²) in [5.41, 5.74) is 6.95. The highest BCUT2D eigenvalue weighted by Crippen LogP contribution is 2.27. The molecular weight excluding hydrogens is 254 g/mol. The average molecular weight is 277 g/mol. The van der Waals surface area contributed by atoms with Crippen LogP contribution in [-0.2, 0) is 4.79 Å². The first-order valence-electron chi connectivity index (χ1n) is 7.00. The Morgan fingerprint density at radius 3 is 2.85 bits per heavy atom. The Bertz CT molecular complexity index is 472. The average Bonchev–Trinajstić information content (AvgIpc) is 2.34. The van der Waals surface area contributed by atoms with Gasteiger partial charge in [-0.15, -0.1) is 0 Å². The van der Waals surface area contributed by atoms with E-state index in [1.165, 1.54) is 19.3 Å². The molecule has 0 bridgehead atoms. The third-order valence-electron chi connectivity index (χ3n) is 3.71. The Balaban J connectivity index is 1.88. The van der Waals surface area contributed by atoms with Crippen LogP contribution in [0.3, 0.4) is 0 Å². The molecule has 1 aliphatic rings. The van der Waals surface area contributed by atoms with Crippen LogP contribution >= 0.6 is 0 Å². The molecule has 2 rings (SSSR count). The number of nitrogens with two attached hydrogens (primary N) is 1. The second kappa shape index (κ2) is 6.61. The Kier molecular flexibility index (Phi) is 4.84. The van der Waals surface area contributed by atoms with Crippen molar-refractivity contribution in [3.05, 3.63) is 18.2 Å². The second-order valence-corrected chi connectivity index (χ2v) is 5.50. The highest BCUT2D eigenvalue weighted by Gasteiger charge is 2.20. The maximum Gasteiger partial charge on any atom is 0.238 e. The molecule has 3 N–H and O–H groups in total. The lowest BCUT2D eigenvalue weighted by Crippen LogP contribution is -2.35. The number of carbonyl (C=O) groups is 1. The van der Waals surface area contributed by atoms with Crippen molar-refractivity contribution in [1.29, 1.82) is 0 Å². The summed E-state index contributed by atoms with van der Waals surface area (Å²) in [4.78, 5) is 14.1.